The van der Waals surface area contributed by atoms with Gasteiger partial charge in [-0.25, -0.2) is 4.68 Å². The highest BCUT2D eigenvalue weighted by atomic mass is 32.2. The first-order chi connectivity index (χ1) is 11.3. The molecule has 1 aromatic heterocycles. The van der Waals surface area contributed by atoms with E-state index in [0.29, 0.717) is 11.4 Å². The highest BCUT2D eigenvalue weighted by Crippen LogP contribution is 2.16. The van der Waals surface area contributed by atoms with Gasteiger partial charge in [-0.15, -0.1) is 11.8 Å². The van der Waals surface area contributed by atoms with Gasteiger partial charge in [0.2, 0.25) is 5.91 Å². The zero-order valence-corrected chi connectivity index (χ0v) is 14.4. The molecule has 24 heavy (non-hydrogen) atoms. The number of carboxylic acids is 1. The van der Waals surface area contributed by atoms with Crippen molar-refractivity contribution in [1.29, 1.82) is 0 Å². The summed E-state index contributed by atoms with van der Waals surface area (Å²) in [5.74, 6) is -1.94. The highest BCUT2D eigenvalue weighted by Gasteiger charge is 2.21. The minimum atomic E-state index is -1.23. The van der Waals surface area contributed by atoms with Gasteiger partial charge in [0.1, 0.15) is 5.69 Å². The molecule has 0 unspecified atom stereocenters. The Morgan fingerprint density at radius 1 is 1.29 bits per heavy atom. The molecule has 1 N–H and O–H groups in total. The molecule has 0 fully saturated rings. The third-order valence-electron chi connectivity index (χ3n) is 3.62. The normalized spacial score (nSPS) is 12.0. The molecule has 1 heterocycles. The SMILES string of the molecule is Cc1c(NC(=O)[C@H](C)SCC(=O)[O-])c(=O)n(-c2ccccc2)n1C. The van der Waals surface area contributed by atoms with Crippen molar-refractivity contribution in [3.05, 3.63) is 46.4 Å². The van der Waals surface area contributed by atoms with Gasteiger partial charge in [0.25, 0.3) is 5.56 Å². The van der Waals surface area contributed by atoms with Gasteiger partial charge < -0.3 is 15.2 Å². The number of benzene rings is 1. The molecule has 1 aromatic carbocycles. The van der Waals surface area contributed by atoms with Gasteiger partial charge >= 0.3 is 0 Å². The molecule has 0 aliphatic carbocycles. The molecule has 0 aliphatic rings. The summed E-state index contributed by atoms with van der Waals surface area (Å²) < 4.78 is 3.12. The average Bonchev–Trinajstić information content (AvgIpc) is 2.76. The lowest BCUT2D eigenvalue weighted by Crippen LogP contribution is -2.30. The smallest absolute Gasteiger partial charge is 0.295 e. The molecular weight excluding hydrogens is 330 g/mol. The van der Waals surface area contributed by atoms with Crippen LogP contribution in [0.2, 0.25) is 0 Å². The summed E-state index contributed by atoms with van der Waals surface area (Å²) in [6.07, 6.45) is 0. The second kappa shape index (κ2) is 7.39. The number of hydrogen-bond acceptors (Lipinski definition) is 5. The number of para-hydroxylation sites is 1. The van der Waals surface area contributed by atoms with Crippen molar-refractivity contribution < 1.29 is 14.7 Å². The summed E-state index contributed by atoms with van der Waals surface area (Å²) >= 11 is 0.941. The minimum absolute atomic E-state index is 0.187. The summed E-state index contributed by atoms with van der Waals surface area (Å²) in [5.41, 5.74) is 1.14. The van der Waals surface area contributed by atoms with Crippen molar-refractivity contribution in [1.82, 2.24) is 9.36 Å². The Kier molecular flexibility index (Phi) is 5.50. The molecule has 0 radical (unpaired) electrons. The van der Waals surface area contributed by atoms with Crippen LogP contribution in [0, 0.1) is 6.92 Å². The summed E-state index contributed by atoms with van der Waals surface area (Å²) in [4.78, 5) is 35.3. The van der Waals surface area contributed by atoms with Gasteiger partial charge in [0, 0.05) is 12.8 Å². The van der Waals surface area contributed by atoms with Crippen LogP contribution >= 0.6 is 11.8 Å². The number of nitrogens with one attached hydrogen (secondary N) is 1. The number of thioether (sulfide) groups is 1. The number of anilines is 1. The van der Waals surface area contributed by atoms with E-state index in [9.17, 15) is 19.5 Å². The van der Waals surface area contributed by atoms with Crippen LogP contribution in [0.1, 0.15) is 12.6 Å². The zero-order valence-electron chi connectivity index (χ0n) is 13.6. The van der Waals surface area contributed by atoms with E-state index in [2.05, 4.69) is 5.32 Å². The molecule has 8 heteroatoms. The first-order valence-corrected chi connectivity index (χ1v) is 8.34. The van der Waals surface area contributed by atoms with E-state index in [-0.39, 0.29) is 17.0 Å². The summed E-state index contributed by atoms with van der Waals surface area (Å²) in [6, 6.07) is 9.08. The lowest BCUT2D eigenvalue weighted by molar-refractivity contribution is -0.301. The molecule has 0 bridgehead atoms. The van der Waals surface area contributed by atoms with Gasteiger partial charge in [0.05, 0.1) is 22.6 Å². The summed E-state index contributed by atoms with van der Waals surface area (Å²) in [6.45, 7) is 3.31. The van der Waals surface area contributed by atoms with Gasteiger partial charge in [-0.3, -0.25) is 14.3 Å². The number of amides is 1. The average molecular weight is 348 g/mol. The van der Waals surface area contributed by atoms with E-state index >= 15 is 0 Å². The number of aliphatic carboxylic acids is 1. The van der Waals surface area contributed by atoms with Crippen molar-refractivity contribution in [2.24, 2.45) is 7.05 Å². The Morgan fingerprint density at radius 3 is 2.50 bits per heavy atom. The fourth-order valence-electron chi connectivity index (χ4n) is 2.21. The summed E-state index contributed by atoms with van der Waals surface area (Å²) in [5, 5.41) is 12.5. The fourth-order valence-corrected chi connectivity index (χ4v) is 2.80. The highest BCUT2D eigenvalue weighted by molar-refractivity contribution is 8.01. The van der Waals surface area contributed by atoms with E-state index in [0.717, 1.165) is 11.8 Å². The van der Waals surface area contributed by atoms with Crippen LogP contribution < -0.4 is 16.0 Å². The van der Waals surface area contributed by atoms with Gasteiger partial charge in [-0.05, 0) is 26.0 Å². The largest absolute Gasteiger partial charge is 0.549 e. The number of carbonyl (C=O) groups excluding carboxylic acids is 2. The van der Waals surface area contributed by atoms with Crippen LogP contribution in [0.3, 0.4) is 0 Å². The van der Waals surface area contributed by atoms with E-state index in [1.807, 2.05) is 18.2 Å². The monoisotopic (exact) mass is 348 g/mol. The maximum absolute atomic E-state index is 12.7. The standard InChI is InChI=1S/C16H19N3O4S/c1-10-14(17-15(22)11(2)24-9-13(20)21)16(23)19(18(10)3)12-7-5-4-6-8-12/h4-8,11H,9H2,1-3H3,(H,17,22)(H,20,21)/p-1/t11-/m0/s1. The molecule has 1 amide bonds. The summed E-state index contributed by atoms with van der Waals surface area (Å²) in [7, 11) is 1.73. The first-order valence-electron chi connectivity index (χ1n) is 7.29. The van der Waals surface area contributed by atoms with Crippen LogP contribution in [0.15, 0.2) is 35.1 Å². The van der Waals surface area contributed by atoms with E-state index < -0.39 is 17.1 Å². The van der Waals surface area contributed by atoms with Gasteiger partial charge in [-0.2, -0.15) is 0 Å². The van der Waals surface area contributed by atoms with Gasteiger partial charge in [0.15, 0.2) is 0 Å². The quantitative estimate of drug-likeness (QED) is 0.810. The lowest BCUT2D eigenvalue weighted by Gasteiger charge is -2.11. The van der Waals surface area contributed by atoms with Gasteiger partial charge in [-0.1, -0.05) is 18.2 Å². The first kappa shape index (κ1) is 17.9. The molecule has 0 saturated carbocycles. The van der Waals surface area contributed by atoms with Crippen LogP contribution in [0.4, 0.5) is 5.69 Å². The van der Waals surface area contributed by atoms with Crippen molar-refractivity contribution in [3.63, 3.8) is 0 Å². The fraction of sp³-hybridized carbons (Fsp3) is 0.312. The molecule has 2 aromatic rings. The van der Waals surface area contributed by atoms with Crippen molar-refractivity contribution in [2.75, 3.05) is 11.1 Å². The topological polar surface area (TPSA) is 96.2 Å². The Labute approximate surface area is 143 Å². The molecule has 1 atom stereocenters. The minimum Gasteiger partial charge on any atom is -0.549 e. The molecule has 0 aliphatic heterocycles. The third-order valence-corrected chi connectivity index (χ3v) is 4.74. The van der Waals surface area contributed by atoms with E-state index in [1.54, 1.807) is 37.7 Å². The lowest BCUT2D eigenvalue weighted by atomic mass is 10.3. The Hall–Kier alpha value is -2.48. The third kappa shape index (κ3) is 3.70. The number of carbonyl (C=O) groups is 2. The Morgan fingerprint density at radius 2 is 1.92 bits per heavy atom. The number of hydrogen-bond donors (Lipinski definition) is 1. The van der Waals surface area contributed by atoms with E-state index in [4.69, 9.17) is 0 Å². The number of carboxylic acid groups (broad SMARTS) is 1. The van der Waals surface area contributed by atoms with Crippen molar-refractivity contribution in [2.45, 2.75) is 19.1 Å². The van der Waals surface area contributed by atoms with Crippen LogP contribution in [-0.4, -0.2) is 32.2 Å². The second-order valence-corrected chi connectivity index (χ2v) is 6.58. The molecule has 2 rings (SSSR count). The maximum Gasteiger partial charge on any atom is 0.295 e. The predicted octanol–water partition coefficient (Wildman–Crippen LogP) is 0.295. The van der Waals surface area contributed by atoms with Crippen molar-refractivity contribution >= 4 is 29.3 Å². The van der Waals surface area contributed by atoms with E-state index in [1.165, 1.54) is 4.68 Å². The van der Waals surface area contributed by atoms with Crippen LogP contribution in [0.5, 0.6) is 0 Å². The second-order valence-electron chi connectivity index (χ2n) is 5.25. The van der Waals surface area contributed by atoms with Crippen molar-refractivity contribution in [3.8, 4) is 5.69 Å². The number of rotatable bonds is 6. The molecular formula is C16H18N3O4S-. The molecule has 0 spiro atoms. The molecule has 128 valence electrons. The van der Waals surface area contributed by atoms with Crippen LogP contribution in [0.25, 0.3) is 5.69 Å². The maximum atomic E-state index is 12.7. The van der Waals surface area contributed by atoms with Crippen LogP contribution in [-0.2, 0) is 16.6 Å². The number of aromatic nitrogens is 2. The number of nitrogens with zero attached hydrogens (tertiary/aromatic N) is 2. The Bertz CT molecular complexity index is 811. The predicted molar refractivity (Wildman–Crippen MR) is 91.3 cm³/mol. The molecule has 7 nitrogen and oxygen atoms in total. The molecule has 0 saturated heterocycles. The Balaban J connectivity index is 2.28. The zero-order chi connectivity index (χ0) is 17.9.